The number of phenols is 1. The maximum absolute atomic E-state index is 13.3. The smallest absolute Gasteiger partial charge is 0.309 e. The molecule has 0 spiro atoms. The molecule has 0 aromatic heterocycles. The fourth-order valence-electron chi connectivity index (χ4n) is 21.0. The molecule has 12 aliphatic rings. The van der Waals surface area contributed by atoms with E-state index in [-0.39, 0.29) is 49.1 Å². The predicted molar refractivity (Wildman–Crippen MR) is 213 cm³/mol. The van der Waals surface area contributed by atoms with Gasteiger partial charge >= 0.3 is 5.97 Å². The number of anilines is 1. The van der Waals surface area contributed by atoms with Crippen molar-refractivity contribution in [3.05, 3.63) is 47.5 Å². The molecular formula is C49H65NO4. The van der Waals surface area contributed by atoms with Crippen LogP contribution >= 0.6 is 0 Å². The lowest BCUT2D eigenvalue weighted by molar-refractivity contribution is -0.286. The maximum Gasteiger partial charge on any atom is 0.309 e. The Labute approximate surface area is 323 Å². The third-order valence-electron chi connectivity index (χ3n) is 18.8. The highest BCUT2D eigenvalue weighted by molar-refractivity contribution is 5.76. The Bertz CT molecular complexity index is 1960. The van der Waals surface area contributed by atoms with Crippen LogP contribution in [-0.2, 0) is 15.6 Å². The van der Waals surface area contributed by atoms with E-state index in [0.29, 0.717) is 22.4 Å². The first-order valence-corrected chi connectivity index (χ1v) is 21.7. The van der Waals surface area contributed by atoms with Crippen molar-refractivity contribution in [2.75, 3.05) is 5.73 Å². The van der Waals surface area contributed by atoms with E-state index in [1.165, 1.54) is 82.6 Å². The molecule has 54 heavy (non-hydrogen) atoms. The lowest BCUT2D eigenvalue weighted by atomic mass is 9.25. The predicted octanol–water partition coefficient (Wildman–Crippen LogP) is 12.1. The van der Waals surface area contributed by atoms with Gasteiger partial charge in [-0.05, 0) is 200 Å². The topological polar surface area (TPSA) is 92.8 Å². The van der Waals surface area contributed by atoms with Crippen molar-refractivity contribution in [3.8, 4) is 17.2 Å². The van der Waals surface area contributed by atoms with Crippen molar-refractivity contribution in [3.63, 3.8) is 0 Å². The summed E-state index contributed by atoms with van der Waals surface area (Å²) in [5.41, 5.74) is 10.4. The molecule has 2 aromatic rings. The van der Waals surface area contributed by atoms with Crippen molar-refractivity contribution >= 4 is 11.7 Å². The number of aromatic hydroxyl groups is 1. The summed E-state index contributed by atoms with van der Waals surface area (Å²) in [6.45, 7) is 15.1. The molecule has 0 heterocycles. The molecule has 12 saturated carbocycles. The van der Waals surface area contributed by atoms with Crippen LogP contribution in [0.3, 0.4) is 0 Å². The molecule has 0 saturated heterocycles. The summed E-state index contributed by atoms with van der Waals surface area (Å²) in [4.78, 5) is 13.3. The minimum absolute atomic E-state index is 0.0903. The third-order valence-corrected chi connectivity index (χ3v) is 18.8. The molecular weight excluding hydrogens is 667 g/mol. The van der Waals surface area contributed by atoms with E-state index >= 15 is 0 Å². The van der Waals surface area contributed by atoms with Crippen molar-refractivity contribution in [1.29, 1.82) is 0 Å². The van der Waals surface area contributed by atoms with Crippen LogP contribution in [-0.4, -0.2) is 16.2 Å². The van der Waals surface area contributed by atoms with Crippen molar-refractivity contribution in [1.82, 2.24) is 0 Å². The minimum Gasteiger partial charge on any atom is -0.505 e. The van der Waals surface area contributed by atoms with E-state index in [4.69, 9.17) is 10.5 Å². The summed E-state index contributed by atoms with van der Waals surface area (Å²) in [6.07, 6.45) is 20.9. The van der Waals surface area contributed by atoms with Crippen molar-refractivity contribution < 1.29 is 19.7 Å². The Balaban J connectivity index is 0.952. The number of benzene rings is 2. The molecule has 12 aliphatic carbocycles. The van der Waals surface area contributed by atoms with Gasteiger partial charge in [0.05, 0.1) is 11.1 Å². The summed E-state index contributed by atoms with van der Waals surface area (Å²) in [5.74, 6) is 2.01. The average molecular weight is 732 g/mol. The highest BCUT2D eigenvalue weighted by Gasteiger charge is 2.77. The van der Waals surface area contributed by atoms with Crippen LogP contribution in [0.25, 0.3) is 0 Å². The molecule has 5 nitrogen and oxygen atoms in total. The quantitative estimate of drug-likeness (QED) is 0.203. The van der Waals surface area contributed by atoms with Crippen molar-refractivity contribution in [2.45, 2.75) is 168 Å². The van der Waals surface area contributed by atoms with Crippen LogP contribution < -0.4 is 10.5 Å². The van der Waals surface area contributed by atoms with Crippen LogP contribution in [0, 0.1) is 54.7 Å². The number of aliphatic carboxylic acids is 1. The van der Waals surface area contributed by atoms with Gasteiger partial charge in [-0.3, -0.25) is 4.79 Å². The molecule has 0 radical (unpaired) electrons. The normalized spacial score (nSPS) is 53.0. The van der Waals surface area contributed by atoms with Gasteiger partial charge in [0, 0.05) is 11.0 Å². The number of nitrogens with two attached hydrogens (primary N) is 1. The van der Waals surface area contributed by atoms with Crippen LogP contribution in [0.4, 0.5) is 5.69 Å². The summed E-state index contributed by atoms with van der Waals surface area (Å²) in [6, 6.07) is 13.0. The van der Waals surface area contributed by atoms with Crippen LogP contribution in [0.5, 0.6) is 17.2 Å². The first-order chi connectivity index (χ1) is 25.1. The molecule has 6 unspecified atom stereocenters. The first kappa shape index (κ1) is 34.5. The summed E-state index contributed by atoms with van der Waals surface area (Å²) in [7, 11) is 0. The van der Waals surface area contributed by atoms with Crippen LogP contribution in [0.2, 0.25) is 0 Å². The van der Waals surface area contributed by atoms with E-state index in [2.05, 4.69) is 65.8 Å². The van der Waals surface area contributed by atoms with Gasteiger partial charge in [-0.1, -0.05) is 53.7 Å². The molecule has 12 fully saturated rings. The highest BCUT2D eigenvalue weighted by Crippen LogP contribution is 2.85. The Morgan fingerprint density at radius 3 is 1.63 bits per heavy atom. The average Bonchev–Trinajstić information content (AvgIpc) is 2.98. The lowest BCUT2D eigenvalue weighted by Gasteiger charge is -2.79. The number of ether oxygens (including phenoxy) is 1. The van der Waals surface area contributed by atoms with Crippen LogP contribution in [0.15, 0.2) is 36.4 Å². The van der Waals surface area contributed by atoms with Gasteiger partial charge in [0.15, 0.2) is 0 Å². The Hall–Kier alpha value is -2.69. The van der Waals surface area contributed by atoms with Gasteiger partial charge in [0.1, 0.15) is 17.2 Å². The molecule has 290 valence electrons. The second-order valence-electron chi connectivity index (χ2n) is 25.2. The fraction of sp³-hybridized carbons (Fsp3) is 0.735. The fourth-order valence-corrected chi connectivity index (χ4v) is 21.0. The zero-order valence-electron chi connectivity index (χ0n) is 34.1. The van der Waals surface area contributed by atoms with Crippen LogP contribution in [0.1, 0.15) is 168 Å². The second-order valence-corrected chi connectivity index (χ2v) is 25.2. The minimum atomic E-state index is -0.559. The molecule has 14 rings (SSSR count). The number of hydrogen-bond acceptors (Lipinski definition) is 4. The summed E-state index contributed by atoms with van der Waals surface area (Å²) < 4.78 is 6.88. The Kier molecular flexibility index (Phi) is 6.20. The number of carboxylic acid groups (broad SMARTS) is 1. The molecule has 2 aromatic carbocycles. The lowest BCUT2D eigenvalue weighted by Crippen LogP contribution is -2.71. The number of rotatable bonds is 6. The Morgan fingerprint density at radius 1 is 0.593 bits per heavy atom. The Morgan fingerprint density at radius 2 is 1.09 bits per heavy atom. The summed E-state index contributed by atoms with van der Waals surface area (Å²) >= 11 is 0. The van der Waals surface area contributed by atoms with E-state index < -0.39 is 11.4 Å². The molecule has 5 heteroatoms. The molecule has 0 aliphatic heterocycles. The van der Waals surface area contributed by atoms with Gasteiger partial charge in [0.2, 0.25) is 0 Å². The van der Waals surface area contributed by atoms with Gasteiger partial charge in [-0.2, -0.15) is 0 Å². The standard InChI is InChI=1S/C49H65NO4/c1-39-13-31-14-40(2,16-39)20-45(15-31,19-39)36-35(12-11-34(50)37(36)51)54-33-9-7-32(8-10-33)46-21-41(3)17-42(4,22-46)26-48(25-41,29-46)49-27-43(5)18-44(6,28-49)24-47(23-43,30-49)38(52)53/h7-12,31,51H,13-30,50H2,1-6H3,(H,52,53). The van der Waals surface area contributed by atoms with E-state index in [0.717, 1.165) is 55.6 Å². The monoisotopic (exact) mass is 731 g/mol. The maximum atomic E-state index is 13.3. The highest BCUT2D eigenvalue weighted by atomic mass is 16.5. The van der Waals surface area contributed by atoms with Gasteiger partial charge in [0.25, 0.3) is 0 Å². The van der Waals surface area contributed by atoms with Crippen molar-refractivity contribution in [2.24, 2.45) is 54.7 Å². The third kappa shape index (κ3) is 4.48. The number of nitrogen functional groups attached to an aromatic ring is 1. The number of carboxylic acids is 1. The number of hydrogen-bond donors (Lipinski definition) is 3. The largest absolute Gasteiger partial charge is 0.505 e. The SMILES string of the molecule is CC12CC3CC(C)(C1)CC(c1c(Oc4ccc(C56CC7(C)CC(C)(C5)CC(C58CC9(C)CC(C)(CC(C(=O)O)(C9)C5)C8)(C7)C6)cc4)ccc(N)c1O)(C3)C2. The zero-order valence-corrected chi connectivity index (χ0v) is 34.1. The molecule has 12 bridgehead atoms. The summed E-state index contributed by atoms with van der Waals surface area (Å²) in [5, 5.41) is 22.7. The van der Waals surface area contributed by atoms with Gasteiger partial charge < -0.3 is 20.7 Å². The number of carbonyl (C=O) groups is 1. The number of phenolic OH excluding ortho intramolecular Hbond substituents is 1. The zero-order chi connectivity index (χ0) is 37.8. The molecule has 0 amide bonds. The molecule has 4 N–H and O–H groups in total. The van der Waals surface area contributed by atoms with E-state index in [1.807, 2.05) is 12.1 Å². The van der Waals surface area contributed by atoms with Gasteiger partial charge in [-0.25, -0.2) is 0 Å². The van der Waals surface area contributed by atoms with E-state index in [1.54, 1.807) is 0 Å². The molecule has 6 atom stereocenters. The second kappa shape index (κ2) is 9.70. The first-order valence-electron chi connectivity index (χ1n) is 21.7. The van der Waals surface area contributed by atoms with E-state index in [9.17, 15) is 15.0 Å². The van der Waals surface area contributed by atoms with Gasteiger partial charge in [-0.15, -0.1) is 0 Å².